The van der Waals surface area contributed by atoms with Crippen LogP contribution in [-0.2, 0) is 30.3 Å². The van der Waals surface area contributed by atoms with E-state index >= 15 is 0 Å². The van der Waals surface area contributed by atoms with Crippen molar-refractivity contribution in [2.24, 2.45) is 17.8 Å². The molecule has 1 saturated heterocycles. The van der Waals surface area contributed by atoms with Crippen molar-refractivity contribution in [3.8, 4) is 0 Å². The molecule has 0 spiro atoms. The topological polar surface area (TPSA) is 101 Å². The minimum atomic E-state index is -1.64. The van der Waals surface area contributed by atoms with Crippen LogP contribution in [0.1, 0.15) is 28.8 Å². The number of Topliss-reactive ketones (excluding diaryl/α,β-unsaturated/α-hetero) is 2. The Morgan fingerprint density at radius 2 is 1.70 bits per heavy atom. The molecule has 0 radical (unpaired) electrons. The number of ether oxygens (including phenoxy) is 1. The van der Waals surface area contributed by atoms with E-state index in [4.69, 9.17) is 4.74 Å². The third-order valence-electron chi connectivity index (χ3n) is 7.51. The highest BCUT2D eigenvalue weighted by Crippen LogP contribution is 2.53. The maximum absolute atomic E-state index is 13.8. The standard InChI is InChI=1S/C28H29FN2O6/c1-30(2)26(35)23(33)14-21-22(32)13-19-16-31(25(34)18-7-5-4-6-8-18)28(24(19)21,27(36)37-3)15-17-9-11-20(29)12-10-17/h4-12,19,21,24H,13-16H2,1-3H3/t19?,21?,24?,28-/m1/s1. The molecular weight excluding hydrogens is 479 g/mol. The maximum Gasteiger partial charge on any atom is 0.332 e. The average molecular weight is 509 g/mol. The van der Waals surface area contributed by atoms with E-state index in [-0.39, 0.29) is 31.6 Å². The van der Waals surface area contributed by atoms with Gasteiger partial charge in [0, 0.05) is 57.3 Å². The van der Waals surface area contributed by atoms with Crippen molar-refractivity contribution in [1.29, 1.82) is 0 Å². The van der Waals surface area contributed by atoms with E-state index in [9.17, 15) is 28.4 Å². The summed E-state index contributed by atoms with van der Waals surface area (Å²) in [5.41, 5.74) is -0.716. The molecule has 1 aliphatic heterocycles. The van der Waals surface area contributed by atoms with Crippen molar-refractivity contribution >= 4 is 29.4 Å². The lowest BCUT2D eigenvalue weighted by Gasteiger charge is -2.41. The molecule has 194 valence electrons. The second-order valence-electron chi connectivity index (χ2n) is 9.89. The Labute approximate surface area is 214 Å². The molecule has 1 saturated carbocycles. The Morgan fingerprint density at radius 1 is 1.05 bits per heavy atom. The zero-order valence-corrected chi connectivity index (χ0v) is 21.0. The number of carbonyl (C=O) groups is 5. The number of benzene rings is 2. The molecule has 9 heteroatoms. The van der Waals surface area contributed by atoms with Gasteiger partial charge in [0.25, 0.3) is 11.8 Å². The predicted molar refractivity (Wildman–Crippen MR) is 131 cm³/mol. The third kappa shape index (κ3) is 4.65. The lowest BCUT2D eigenvalue weighted by molar-refractivity contribution is -0.156. The van der Waals surface area contributed by atoms with Crippen LogP contribution in [0.25, 0.3) is 0 Å². The zero-order chi connectivity index (χ0) is 26.9. The molecule has 2 aliphatic rings. The Balaban J connectivity index is 1.84. The number of ketones is 2. The monoisotopic (exact) mass is 508 g/mol. The van der Waals surface area contributed by atoms with Crippen LogP contribution in [0.4, 0.5) is 4.39 Å². The number of rotatable bonds is 7. The summed E-state index contributed by atoms with van der Waals surface area (Å²) in [5, 5.41) is 0. The first-order chi connectivity index (χ1) is 17.6. The summed E-state index contributed by atoms with van der Waals surface area (Å²) in [6.45, 7) is 0.104. The van der Waals surface area contributed by atoms with E-state index in [1.54, 1.807) is 30.3 Å². The second kappa shape index (κ2) is 10.2. The highest BCUT2D eigenvalue weighted by Gasteiger charge is 2.66. The van der Waals surface area contributed by atoms with Gasteiger partial charge in [-0.05, 0) is 35.7 Å². The number of halogens is 1. The van der Waals surface area contributed by atoms with Crippen molar-refractivity contribution in [2.45, 2.75) is 24.8 Å². The van der Waals surface area contributed by atoms with Gasteiger partial charge in [-0.25, -0.2) is 9.18 Å². The summed E-state index contributed by atoms with van der Waals surface area (Å²) in [6.07, 6.45) is -0.342. The first-order valence-corrected chi connectivity index (χ1v) is 12.1. The highest BCUT2D eigenvalue weighted by atomic mass is 19.1. The number of esters is 1. The maximum atomic E-state index is 13.8. The molecule has 2 fully saturated rings. The van der Waals surface area contributed by atoms with Gasteiger partial charge in [-0.3, -0.25) is 19.2 Å². The van der Waals surface area contributed by atoms with Gasteiger partial charge in [-0.15, -0.1) is 0 Å². The van der Waals surface area contributed by atoms with E-state index < -0.39 is 52.7 Å². The zero-order valence-electron chi connectivity index (χ0n) is 21.0. The van der Waals surface area contributed by atoms with E-state index in [1.165, 1.54) is 50.4 Å². The highest BCUT2D eigenvalue weighted by molar-refractivity contribution is 6.36. The fourth-order valence-electron chi connectivity index (χ4n) is 5.94. The first kappa shape index (κ1) is 26.2. The minimum Gasteiger partial charge on any atom is -0.467 e. The van der Waals surface area contributed by atoms with Crippen molar-refractivity contribution < 1.29 is 33.1 Å². The third-order valence-corrected chi connectivity index (χ3v) is 7.51. The van der Waals surface area contributed by atoms with Gasteiger partial charge >= 0.3 is 5.97 Å². The lowest BCUT2D eigenvalue weighted by atomic mass is 9.71. The van der Waals surface area contributed by atoms with Crippen LogP contribution < -0.4 is 0 Å². The molecule has 2 amide bonds. The lowest BCUT2D eigenvalue weighted by Crippen LogP contribution is -2.60. The van der Waals surface area contributed by atoms with Crippen LogP contribution in [0, 0.1) is 23.6 Å². The van der Waals surface area contributed by atoms with E-state index in [0.717, 1.165) is 4.90 Å². The molecule has 8 nitrogen and oxygen atoms in total. The Kier molecular flexibility index (Phi) is 7.25. The molecule has 0 N–H and O–H groups in total. The van der Waals surface area contributed by atoms with Crippen molar-refractivity contribution in [2.75, 3.05) is 27.7 Å². The normalized spacial score (nSPS) is 24.5. The van der Waals surface area contributed by atoms with Crippen LogP contribution in [-0.4, -0.2) is 72.4 Å². The molecule has 2 aromatic carbocycles. The molecular formula is C28H29FN2O6. The fraction of sp³-hybridized carbons (Fsp3) is 0.393. The molecule has 4 rings (SSSR count). The molecule has 3 unspecified atom stereocenters. The summed E-state index contributed by atoms with van der Waals surface area (Å²) in [6, 6.07) is 14.0. The number of hydrogen-bond donors (Lipinski definition) is 0. The van der Waals surface area contributed by atoms with E-state index in [1.807, 2.05) is 0 Å². The van der Waals surface area contributed by atoms with Crippen LogP contribution in [0.2, 0.25) is 0 Å². The number of nitrogens with zero attached hydrogens (tertiary/aromatic N) is 2. The van der Waals surface area contributed by atoms with Gasteiger partial charge in [0.2, 0.25) is 5.78 Å². The summed E-state index contributed by atoms with van der Waals surface area (Å²) in [5.74, 6) is -5.42. The van der Waals surface area contributed by atoms with Gasteiger partial charge < -0.3 is 14.5 Å². The SMILES string of the molecule is COC(=O)[C@@]1(Cc2ccc(F)cc2)C2C(CC(=O)C2CC(=O)C(=O)N(C)C)CN1C(=O)c1ccccc1. The summed E-state index contributed by atoms with van der Waals surface area (Å²) in [4.78, 5) is 68.4. The van der Waals surface area contributed by atoms with Gasteiger partial charge in [-0.1, -0.05) is 30.3 Å². The molecule has 37 heavy (non-hydrogen) atoms. The number of likely N-dealkylation sites (tertiary alicyclic amines) is 1. The molecule has 2 aromatic rings. The quantitative estimate of drug-likeness (QED) is 0.420. The molecule has 4 atom stereocenters. The number of amides is 2. The van der Waals surface area contributed by atoms with Crippen LogP contribution >= 0.6 is 0 Å². The summed E-state index contributed by atoms with van der Waals surface area (Å²) >= 11 is 0. The average Bonchev–Trinajstić information content (AvgIpc) is 3.37. The Morgan fingerprint density at radius 3 is 2.30 bits per heavy atom. The summed E-state index contributed by atoms with van der Waals surface area (Å²) in [7, 11) is 4.10. The van der Waals surface area contributed by atoms with Crippen LogP contribution in [0.3, 0.4) is 0 Å². The van der Waals surface area contributed by atoms with Crippen molar-refractivity contribution in [1.82, 2.24) is 9.80 Å². The smallest absolute Gasteiger partial charge is 0.332 e. The molecule has 1 heterocycles. The van der Waals surface area contributed by atoms with E-state index in [0.29, 0.717) is 11.1 Å². The van der Waals surface area contributed by atoms with Crippen molar-refractivity contribution in [3.05, 3.63) is 71.5 Å². The Hall–Kier alpha value is -3.88. The van der Waals surface area contributed by atoms with Gasteiger partial charge in [0.05, 0.1) is 7.11 Å². The number of likely N-dealkylation sites (N-methyl/N-ethyl adjacent to an activating group) is 1. The van der Waals surface area contributed by atoms with Crippen molar-refractivity contribution in [3.63, 3.8) is 0 Å². The number of carbonyl (C=O) groups excluding carboxylic acids is 5. The Bertz CT molecular complexity index is 1230. The number of fused-ring (bicyclic) bond motifs is 1. The predicted octanol–water partition coefficient (Wildman–Crippen LogP) is 2.30. The largest absolute Gasteiger partial charge is 0.467 e. The van der Waals surface area contributed by atoms with Gasteiger partial charge in [0.1, 0.15) is 17.1 Å². The first-order valence-electron chi connectivity index (χ1n) is 12.1. The molecule has 0 aromatic heterocycles. The van der Waals surface area contributed by atoms with Gasteiger partial charge in [0.15, 0.2) is 0 Å². The fourth-order valence-corrected chi connectivity index (χ4v) is 5.94. The van der Waals surface area contributed by atoms with Crippen LogP contribution in [0.5, 0.6) is 0 Å². The molecule has 0 bridgehead atoms. The van der Waals surface area contributed by atoms with Crippen LogP contribution in [0.15, 0.2) is 54.6 Å². The number of hydrogen-bond acceptors (Lipinski definition) is 6. The van der Waals surface area contributed by atoms with E-state index in [2.05, 4.69) is 0 Å². The molecule has 1 aliphatic carbocycles. The minimum absolute atomic E-state index is 0.0424. The van der Waals surface area contributed by atoms with Gasteiger partial charge in [-0.2, -0.15) is 0 Å². The number of methoxy groups -OCH3 is 1. The summed E-state index contributed by atoms with van der Waals surface area (Å²) < 4.78 is 18.9. The second-order valence-corrected chi connectivity index (χ2v) is 9.89.